The lowest BCUT2D eigenvalue weighted by Gasteiger charge is -2.11. The molecule has 0 aliphatic heterocycles. The van der Waals surface area contributed by atoms with E-state index in [2.05, 4.69) is 21.2 Å². The predicted octanol–water partition coefficient (Wildman–Crippen LogP) is 3.85. The normalized spacial score (nSPS) is 10.2. The van der Waals surface area contributed by atoms with Crippen molar-refractivity contribution in [2.45, 2.75) is 6.92 Å². The zero-order valence-electron chi connectivity index (χ0n) is 11.0. The van der Waals surface area contributed by atoms with Crippen LogP contribution in [-0.2, 0) is 0 Å². The fourth-order valence-corrected chi connectivity index (χ4v) is 2.18. The van der Waals surface area contributed by atoms with Crippen molar-refractivity contribution in [2.75, 3.05) is 5.32 Å². The number of carboxylic acid groups (broad SMARTS) is 1. The lowest BCUT2D eigenvalue weighted by atomic mass is 10.1. The number of amides is 1. The number of anilines is 1. The van der Waals surface area contributed by atoms with E-state index in [-0.39, 0.29) is 15.6 Å². The van der Waals surface area contributed by atoms with Crippen molar-refractivity contribution in [3.05, 3.63) is 63.4 Å². The highest BCUT2D eigenvalue weighted by Gasteiger charge is 2.17. The molecule has 4 nitrogen and oxygen atoms in total. The fourth-order valence-electron chi connectivity index (χ4n) is 1.84. The van der Waals surface area contributed by atoms with Crippen LogP contribution in [0.1, 0.15) is 26.3 Å². The van der Waals surface area contributed by atoms with Crippen LogP contribution in [0.3, 0.4) is 0 Å². The highest BCUT2D eigenvalue weighted by atomic mass is 79.9. The zero-order chi connectivity index (χ0) is 15.6. The average Bonchev–Trinajstić information content (AvgIpc) is 2.44. The van der Waals surface area contributed by atoms with Crippen molar-refractivity contribution in [3.63, 3.8) is 0 Å². The molecule has 0 radical (unpaired) electrons. The lowest BCUT2D eigenvalue weighted by Crippen LogP contribution is -2.17. The van der Waals surface area contributed by atoms with Gasteiger partial charge in [0.05, 0.1) is 15.6 Å². The average molecular weight is 352 g/mol. The number of aryl methyl sites for hydroxylation is 1. The second-order valence-corrected chi connectivity index (χ2v) is 5.24. The summed E-state index contributed by atoms with van der Waals surface area (Å²) in [5, 5.41) is 11.7. The summed E-state index contributed by atoms with van der Waals surface area (Å²) in [6, 6.07) is 8.61. The molecule has 0 saturated heterocycles. The van der Waals surface area contributed by atoms with Gasteiger partial charge in [-0.05, 0) is 52.7 Å². The first kappa shape index (κ1) is 15.2. The van der Waals surface area contributed by atoms with Crippen molar-refractivity contribution < 1.29 is 19.1 Å². The number of carbonyl (C=O) groups excluding carboxylic acids is 1. The smallest absolute Gasteiger partial charge is 0.336 e. The van der Waals surface area contributed by atoms with E-state index in [0.717, 1.165) is 0 Å². The predicted molar refractivity (Wildman–Crippen MR) is 80.2 cm³/mol. The van der Waals surface area contributed by atoms with Gasteiger partial charge in [0.2, 0.25) is 0 Å². The van der Waals surface area contributed by atoms with Crippen LogP contribution in [0.2, 0.25) is 0 Å². The first-order chi connectivity index (χ1) is 9.90. The lowest BCUT2D eigenvalue weighted by molar-refractivity contribution is 0.0692. The molecule has 0 fully saturated rings. The molecule has 2 N–H and O–H groups in total. The van der Waals surface area contributed by atoms with Crippen LogP contribution in [-0.4, -0.2) is 17.0 Å². The maximum atomic E-state index is 13.4. The fraction of sp³-hybridized carbons (Fsp3) is 0.0667. The van der Waals surface area contributed by atoms with Gasteiger partial charge < -0.3 is 10.4 Å². The molecule has 6 heteroatoms. The molecule has 1 amide bonds. The Morgan fingerprint density at radius 3 is 2.43 bits per heavy atom. The molecule has 0 saturated carbocycles. The molecule has 0 bridgehead atoms. The van der Waals surface area contributed by atoms with Gasteiger partial charge in [-0.15, -0.1) is 0 Å². The summed E-state index contributed by atoms with van der Waals surface area (Å²) in [4.78, 5) is 23.3. The van der Waals surface area contributed by atoms with Crippen LogP contribution in [0.25, 0.3) is 0 Å². The third kappa shape index (κ3) is 3.28. The van der Waals surface area contributed by atoms with Gasteiger partial charge >= 0.3 is 5.97 Å². The zero-order valence-corrected chi connectivity index (χ0v) is 12.6. The van der Waals surface area contributed by atoms with Gasteiger partial charge in [-0.1, -0.05) is 12.1 Å². The van der Waals surface area contributed by atoms with E-state index in [1.807, 2.05) is 0 Å². The maximum Gasteiger partial charge on any atom is 0.336 e. The number of aromatic carboxylic acids is 1. The van der Waals surface area contributed by atoms with Gasteiger partial charge in [-0.25, -0.2) is 9.18 Å². The Morgan fingerprint density at radius 1 is 1.19 bits per heavy atom. The summed E-state index contributed by atoms with van der Waals surface area (Å²) in [6.07, 6.45) is 0. The first-order valence-electron chi connectivity index (χ1n) is 5.99. The molecule has 0 aliphatic carbocycles. The summed E-state index contributed by atoms with van der Waals surface area (Å²) < 4.78 is 13.6. The van der Waals surface area contributed by atoms with Crippen LogP contribution in [0.4, 0.5) is 10.1 Å². The van der Waals surface area contributed by atoms with Gasteiger partial charge in [0.1, 0.15) is 5.82 Å². The van der Waals surface area contributed by atoms with Crippen molar-refractivity contribution in [1.82, 2.24) is 0 Å². The number of benzene rings is 2. The molecule has 21 heavy (non-hydrogen) atoms. The first-order valence-corrected chi connectivity index (χ1v) is 6.78. The Hall–Kier alpha value is -2.21. The Kier molecular flexibility index (Phi) is 4.37. The molecule has 0 unspecified atom stereocenters. The van der Waals surface area contributed by atoms with E-state index < -0.39 is 17.7 Å². The number of rotatable bonds is 3. The number of carbonyl (C=O) groups is 2. The number of nitrogens with one attached hydrogen (secondary N) is 1. The van der Waals surface area contributed by atoms with Crippen molar-refractivity contribution >= 4 is 33.5 Å². The van der Waals surface area contributed by atoms with Crippen LogP contribution >= 0.6 is 15.9 Å². The minimum Gasteiger partial charge on any atom is -0.478 e. The van der Waals surface area contributed by atoms with Gasteiger partial charge in [0.15, 0.2) is 0 Å². The van der Waals surface area contributed by atoms with Crippen LogP contribution in [0, 0.1) is 12.7 Å². The van der Waals surface area contributed by atoms with E-state index in [0.29, 0.717) is 11.3 Å². The molecule has 0 aromatic heterocycles. The molecular formula is C15H11BrFNO3. The molecule has 0 atom stereocenters. The second kappa shape index (κ2) is 6.05. The monoisotopic (exact) mass is 351 g/mol. The van der Waals surface area contributed by atoms with Crippen molar-refractivity contribution in [3.8, 4) is 0 Å². The van der Waals surface area contributed by atoms with Gasteiger partial charge in [0, 0.05) is 5.69 Å². The third-order valence-electron chi connectivity index (χ3n) is 2.92. The third-order valence-corrected chi connectivity index (χ3v) is 3.53. The molecule has 2 aromatic carbocycles. The Labute approximate surface area is 128 Å². The van der Waals surface area contributed by atoms with Crippen LogP contribution < -0.4 is 5.32 Å². The van der Waals surface area contributed by atoms with Crippen LogP contribution in [0.15, 0.2) is 40.9 Å². The molecule has 108 valence electrons. The summed E-state index contributed by atoms with van der Waals surface area (Å²) >= 11 is 3.04. The van der Waals surface area contributed by atoms with Gasteiger partial charge in [0.25, 0.3) is 5.91 Å². The minimum atomic E-state index is -1.18. The summed E-state index contributed by atoms with van der Waals surface area (Å²) in [6.45, 7) is 1.65. The second-order valence-electron chi connectivity index (χ2n) is 4.39. The highest BCUT2D eigenvalue weighted by molar-refractivity contribution is 9.10. The van der Waals surface area contributed by atoms with Crippen LogP contribution in [0.5, 0.6) is 0 Å². The molecule has 0 spiro atoms. The highest BCUT2D eigenvalue weighted by Crippen LogP contribution is 2.25. The Morgan fingerprint density at radius 2 is 1.81 bits per heavy atom. The number of hydrogen-bond acceptors (Lipinski definition) is 2. The summed E-state index contributed by atoms with van der Waals surface area (Å²) in [7, 11) is 0. The van der Waals surface area contributed by atoms with Gasteiger partial charge in [-0.2, -0.15) is 0 Å². The largest absolute Gasteiger partial charge is 0.478 e. The van der Waals surface area contributed by atoms with E-state index in [1.165, 1.54) is 24.3 Å². The standard InChI is InChI=1S/C15H11BrFNO3/c1-8-6-12(17)11(16)7-13(8)18-14(19)9-4-2-3-5-10(9)15(20)21/h2-7H,1H3,(H,18,19)(H,20,21). The summed E-state index contributed by atoms with van der Waals surface area (Å²) in [5.74, 6) is -2.18. The topological polar surface area (TPSA) is 66.4 Å². The van der Waals surface area contributed by atoms with E-state index in [1.54, 1.807) is 19.1 Å². The molecule has 2 aromatic rings. The number of carboxylic acids is 1. The van der Waals surface area contributed by atoms with Gasteiger partial charge in [-0.3, -0.25) is 4.79 Å². The Bertz CT molecular complexity index is 731. The quantitative estimate of drug-likeness (QED) is 0.882. The maximum absolute atomic E-state index is 13.4. The van der Waals surface area contributed by atoms with Crippen molar-refractivity contribution in [2.24, 2.45) is 0 Å². The number of halogens is 2. The van der Waals surface area contributed by atoms with E-state index in [9.17, 15) is 14.0 Å². The Balaban J connectivity index is 2.35. The number of hydrogen-bond donors (Lipinski definition) is 2. The molecular weight excluding hydrogens is 341 g/mol. The molecule has 2 rings (SSSR count). The molecule has 0 aliphatic rings. The van der Waals surface area contributed by atoms with E-state index >= 15 is 0 Å². The summed E-state index contributed by atoms with van der Waals surface area (Å²) in [5.41, 5.74) is 0.906. The van der Waals surface area contributed by atoms with Crippen molar-refractivity contribution in [1.29, 1.82) is 0 Å². The molecule has 0 heterocycles. The minimum absolute atomic E-state index is 0.0462. The SMILES string of the molecule is Cc1cc(F)c(Br)cc1NC(=O)c1ccccc1C(=O)O. The van der Waals surface area contributed by atoms with E-state index in [4.69, 9.17) is 5.11 Å².